The van der Waals surface area contributed by atoms with Gasteiger partial charge in [0.25, 0.3) is 5.78 Å². The summed E-state index contributed by atoms with van der Waals surface area (Å²) < 4.78 is 12.7. The Labute approximate surface area is 281 Å². The van der Waals surface area contributed by atoms with Gasteiger partial charge in [-0.3, -0.25) is 14.5 Å². The van der Waals surface area contributed by atoms with Crippen LogP contribution < -0.4 is 14.4 Å². The van der Waals surface area contributed by atoms with Crippen molar-refractivity contribution in [2.75, 3.05) is 11.5 Å². The molecule has 6 rings (SSSR count). The van der Waals surface area contributed by atoms with Gasteiger partial charge in [0.05, 0.1) is 18.2 Å². The number of carbonyl (C=O) groups excluding carboxylic acids is 2. The number of aliphatic hydroxyl groups excluding tert-OH is 1. The number of Topliss-reactive ketones (excluding diaryl/α,β-unsaturated/α-hetero) is 1. The van der Waals surface area contributed by atoms with Gasteiger partial charge in [0.2, 0.25) is 5.13 Å². The maximum atomic E-state index is 13.8. The molecule has 238 valence electrons. The van der Waals surface area contributed by atoms with Crippen molar-refractivity contribution in [1.29, 1.82) is 0 Å². The van der Waals surface area contributed by atoms with Crippen molar-refractivity contribution in [3.05, 3.63) is 136 Å². The van der Waals surface area contributed by atoms with Crippen LogP contribution in [-0.2, 0) is 21.9 Å². The summed E-state index contributed by atoms with van der Waals surface area (Å²) in [4.78, 5) is 28.8. The molecule has 1 N–H and O–H groups in total. The van der Waals surface area contributed by atoms with E-state index in [9.17, 15) is 14.7 Å². The van der Waals surface area contributed by atoms with Gasteiger partial charge in [-0.25, -0.2) is 0 Å². The number of hydrogen-bond acceptors (Lipinski definition) is 9. The molecule has 10 heteroatoms. The highest BCUT2D eigenvalue weighted by Crippen LogP contribution is 2.45. The van der Waals surface area contributed by atoms with Crippen LogP contribution in [-0.4, -0.2) is 33.6 Å². The van der Waals surface area contributed by atoms with Crippen LogP contribution in [0.2, 0.25) is 0 Å². The van der Waals surface area contributed by atoms with Crippen LogP contribution in [0, 0.1) is 13.8 Å². The Hall–Kier alpha value is -4.93. The fraction of sp³-hybridized carbons (Fsp3) is 0.189. The number of thioether (sulfide) groups is 1. The number of hydrogen-bond donors (Lipinski definition) is 1. The first-order chi connectivity index (χ1) is 22.8. The molecule has 1 unspecified atom stereocenters. The average Bonchev–Trinajstić information content (AvgIpc) is 3.66. The fourth-order valence-corrected chi connectivity index (χ4v) is 7.04. The fourth-order valence-electron chi connectivity index (χ4n) is 5.22. The van der Waals surface area contributed by atoms with E-state index in [4.69, 9.17) is 9.47 Å². The van der Waals surface area contributed by atoms with E-state index in [0.717, 1.165) is 16.7 Å². The molecule has 1 amide bonds. The van der Waals surface area contributed by atoms with Crippen LogP contribution in [0.4, 0.5) is 5.13 Å². The molecule has 2 heterocycles. The molecule has 1 saturated heterocycles. The molecule has 0 saturated carbocycles. The number of anilines is 1. The molecule has 1 aliphatic rings. The molecule has 1 aromatic heterocycles. The summed E-state index contributed by atoms with van der Waals surface area (Å²) in [5.74, 6) is -0.227. The van der Waals surface area contributed by atoms with E-state index in [0.29, 0.717) is 45.9 Å². The second-order valence-corrected chi connectivity index (χ2v) is 13.3. The van der Waals surface area contributed by atoms with E-state index in [1.807, 2.05) is 63.2 Å². The van der Waals surface area contributed by atoms with Gasteiger partial charge < -0.3 is 14.6 Å². The Kier molecular flexibility index (Phi) is 9.70. The molecule has 4 aromatic carbocycles. The Morgan fingerprint density at radius 3 is 2.26 bits per heavy atom. The van der Waals surface area contributed by atoms with Gasteiger partial charge in [0, 0.05) is 11.3 Å². The summed E-state index contributed by atoms with van der Waals surface area (Å²) in [6, 6.07) is 29.5. The Bertz CT molecular complexity index is 1920. The number of nitrogens with zero attached hydrogens (tertiary/aromatic N) is 3. The smallest absolute Gasteiger partial charge is 0.301 e. The van der Waals surface area contributed by atoms with Crippen molar-refractivity contribution >= 4 is 45.7 Å². The van der Waals surface area contributed by atoms with Crippen LogP contribution in [0.1, 0.15) is 46.3 Å². The van der Waals surface area contributed by atoms with E-state index in [2.05, 4.69) is 34.5 Å². The van der Waals surface area contributed by atoms with Crippen molar-refractivity contribution < 1.29 is 24.2 Å². The molecule has 0 radical (unpaired) electrons. The van der Waals surface area contributed by atoms with Crippen molar-refractivity contribution in [1.82, 2.24) is 10.2 Å². The number of ketones is 1. The lowest BCUT2D eigenvalue weighted by Crippen LogP contribution is -2.29. The summed E-state index contributed by atoms with van der Waals surface area (Å²) in [7, 11) is 0. The zero-order valence-corrected chi connectivity index (χ0v) is 27.8. The number of ether oxygens (including phenoxy) is 2. The Morgan fingerprint density at radius 1 is 0.851 bits per heavy atom. The summed E-state index contributed by atoms with van der Waals surface area (Å²) in [5.41, 5.74) is 5.25. The maximum Gasteiger partial charge on any atom is 0.301 e. The molecule has 1 aliphatic heterocycles. The third-order valence-electron chi connectivity index (χ3n) is 7.67. The average molecular weight is 664 g/mol. The van der Waals surface area contributed by atoms with Gasteiger partial charge in [0.15, 0.2) is 15.8 Å². The van der Waals surface area contributed by atoms with Crippen LogP contribution in [0.5, 0.6) is 11.5 Å². The first-order valence-electron chi connectivity index (χ1n) is 15.2. The van der Waals surface area contributed by atoms with Gasteiger partial charge in [0.1, 0.15) is 12.4 Å². The molecule has 0 spiro atoms. The number of rotatable bonds is 11. The molecular weight excluding hydrogens is 631 g/mol. The number of aryl methyl sites for hydroxylation is 2. The highest BCUT2D eigenvalue weighted by molar-refractivity contribution is 8.00. The molecule has 5 aromatic rings. The summed E-state index contributed by atoms with van der Waals surface area (Å²) >= 11 is 2.73. The Morgan fingerprint density at radius 2 is 1.55 bits per heavy atom. The third kappa shape index (κ3) is 7.08. The van der Waals surface area contributed by atoms with E-state index >= 15 is 0 Å². The highest BCUT2D eigenvalue weighted by Gasteiger charge is 2.48. The van der Waals surface area contributed by atoms with Crippen LogP contribution in [0.25, 0.3) is 5.76 Å². The van der Waals surface area contributed by atoms with Crippen molar-refractivity contribution in [2.24, 2.45) is 0 Å². The minimum absolute atomic E-state index is 0.0386. The van der Waals surface area contributed by atoms with E-state index < -0.39 is 17.7 Å². The van der Waals surface area contributed by atoms with E-state index in [1.165, 1.54) is 33.6 Å². The van der Waals surface area contributed by atoms with Gasteiger partial charge in [-0.05, 0) is 49.6 Å². The standard InChI is InChI=1S/C37H33N3O5S2/c1-4-44-30-20-28(18-19-29(30)45-21-25-8-6-5-7-9-25)32-31(33(41)27-16-12-24(3)13-17-27)34(42)35(43)40(32)36-38-39-37(47-36)46-22-26-14-10-23(2)11-15-26/h5-20,32,41H,4,21-22H2,1-3H3/b33-31+. The molecule has 1 atom stereocenters. The Balaban J connectivity index is 1.39. The number of amides is 1. The van der Waals surface area contributed by atoms with Crippen molar-refractivity contribution in [3.63, 3.8) is 0 Å². The summed E-state index contributed by atoms with van der Waals surface area (Å²) in [5, 5.41) is 20.5. The number of aliphatic hydroxyl groups is 1. The quantitative estimate of drug-likeness (QED) is 0.0498. The first kappa shape index (κ1) is 32.0. The van der Waals surface area contributed by atoms with Gasteiger partial charge in [-0.2, -0.15) is 0 Å². The minimum Gasteiger partial charge on any atom is -0.507 e. The monoisotopic (exact) mass is 663 g/mol. The number of carbonyl (C=O) groups is 2. The predicted octanol–water partition coefficient (Wildman–Crippen LogP) is 8.05. The second kappa shape index (κ2) is 14.2. The SMILES string of the molecule is CCOc1cc(C2/C(=C(\O)c3ccc(C)cc3)C(=O)C(=O)N2c2nnc(SCc3ccc(C)cc3)s2)ccc1OCc1ccccc1. The van der Waals surface area contributed by atoms with Gasteiger partial charge in [-0.1, -0.05) is 119 Å². The lowest BCUT2D eigenvalue weighted by atomic mass is 9.95. The first-order valence-corrected chi connectivity index (χ1v) is 17.0. The molecule has 0 bridgehead atoms. The number of aromatic nitrogens is 2. The molecule has 0 aliphatic carbocycles. The van der Waals surface area contributed by atoms with Gasteiger partial charge in [-0.15, -0.1) is 10.2 Å². The molecule has 1 fully saturated rings. The van der Waals surface area contributed by atoms with Crippen LogP contribution >= 0.6 is 23.1 Å². The van der Waals surface area contributed by atoms with Crippen LogP contribution in [0.15, 0.2) is 107 Å². The second-order valence-electron chi connectivity index (χ2n) is 11.1. The topological polar surface area (TPSA) is 102 Å². The summed E-state index contributed by atoms with van der Waals surface area (Å²) in [6.07, 6.45) is 0. The maximum absolute atomic E-state index is 13.8. The molecule has 47 heavy (non-hydrogen) atoms. The van der Waals surface area contributed by atoms with Crippen molar-refractivity contribution in [3.8, 4) is 11.5 Å². The summed E-state index contributed by atoms with van der Waals surface area (Å²) in [6.45, 7) is 6.55. The largest absolute Gasteiger partial charge is 0.507 e. The normalized spacial score (nSPS) is 15.6. The molecular formula is C37H33N3O5S2. The zero-order valence-electron chi connectivity index (χ0n) is 26.2. The molecule has 8 nitrogen and oxygen atoms in total. The zero-order chi connectivity index (χ0) is 32.9. The lowest BCUT2D eigenvalue weighted by molar-refractivity contribution is -0.132. The third-order valence-corrected chi connectivity index (χ3v) is 9.80. The number of benzene rings is 4. The van der Waals surface area contributed by atoms with Gasteiger partial charge >= 0.3 is 5.91 Å². The van der Waals surface area contributed by atoms with E-state index in [-0.39, 0.29) is 16.5 Å². The highest BCUT2D eigenvalue weighted by atomic mass is 32.2. The van der Waals surface area contributed by atoms with Crippen molar-refractivity contribution in [2.45, 2.75) is 43.5 Å². The van der Waals surface area contributed by atoms with Crippen LogP contribution in [0.3, 0.4) is 0 Å². The lowest BCUT2D eigenvalue weighted by Gasteiger charge is -2.23. The van der Waals surface area contributed by atoms with E-state index in [1.54, 1.807) is 30.3 Å². The predicted molar refractivity (Wildman–Crippen MR) is 185 cm³/mol. The minimum atomic E-state index is -0.985.